The van der Waals surface area contributed by atoms with Crippen LogP contribution in [0, 0.1) is 0 Å². The highest BCUT2D eigenvalue weighted by molar-refractivity contribution is 7.66. The van der Waals surface area contributed by atoms with Crippen molar-refractivity contribution in [2.24, 2.45) is 0 Å². The number of hydrogen-bond acceptors (Lipinski definition) is 1. The highest BCUT2D eigenvalue weighted by Gasteiger charge is 2.58. The zero-order chi connectivity index (χ0) is 11.6. The zero-order valence-corrected chi connectivity index (χ0v) is 11.8. The first kappa shape index (κ1) is 11.4. The Bertz CT molecular complexity index is 363. The molecule has 84 valence electrons. The van der Waals surface area contributed by atoms with Crippen molar-refractivity contribution in [2.45, 2.75) is 58.9 Å². The molecule has 1 heterocycles. The van der Waals surface area contributed by atoms with E-state index in [2.05, 4.69) is 53.6 Å². The first-order chi connectivity index (χ1) is 6.73. The Morgan fingerprint density at radius 3 is 1.47 bits per heavy atom. The lowest BCUT2D eigenvalue weighted by Gasteiger charge is -2.29. The van der Waals surface area contributed by atoms with Gasteiger partial charge in [0, 0.05) is 5.16 Å². The first-order valence-electron chi connectivity index (χ1n) is 5.67. The molecular weight excluding hydrogens is 201 g/mol. The summed E-state index contributed by atoms with van der Waals surface area (Å²) in [5.41, 5.74) is 6.20. The molecule has 1 unspecified atom stereocenters. The van der Waals surface area contributed by atoms with Gasteiger partial charge in [-0.15, -0.1) is 0 Å². The quantitative estimate of drug-likeness (QED) is 0.523. The summed E-state index contributed by atoms with van der Waals surface area (Å²) >= 11 is 0. The van der Waals surface area contributed by atoms with Crippen molar-refractivity contribution in [3.63, 3.8) is 0 Å². The Labute approximate surface area is 94.8 Å². The molecule has 2 rings (SSSR count). The summed E-state index contributed by atoms with van der Waals surface area (Å²) in [6.45, 7) is 16.2. The summed E-state index contributed by atoms with van der Waals surface area (Å²) < 4.78 is 0. The number of allylic oxidation sites excluding steroid dienone is 4. The second kappa shape index (κ2) is 2.96. The molecule has 0 aromatic heterocycles. The third kappa shape index (κ3) is 1.29. The van der Waals surface area contributed by atoms with Gasteiger partial charge in [-0.1, -0.05) is 11.1 Å². The summed E-state index contributed by atoms with van der Waals surface area (Å²) in [5.74, 6) is 0. The van der Waals surface area contributed by atoms with Gasteiger partial charge in [0.05, 0.1) is 5.28 Å². The summed E-state index contributed by atoms with van der Waals surface area (Å²) in [6, 6.07) is 0. The van der Waals surface area contributed by atoms with E-state index >= 15 is 0 Å². The lowest BCUT2D eigenvalue weighted by Crippen LogP contribution is -2.21. The fraction of sp³-hybridized carbons (Fsp3) is 0.692. The van der Waals surface area contributed by atoms with Crippen LogP contribution in [0.25, 0.3) is 0 Å². The molecule has 2 aliphatic rings. The fourth-order valence-electron chi connectivity index (χ4n) is 2.83. The van der Waals surface area contributed by atoms with E-state index in [-0.39, 0.29) is 8.07 Å². The zero-order valence-electron chi connectivity index (χ0n) is 10.9. The second-order valence-electron chi connectivity index (χ2n) is 5.58. The molecule has 2 heteroatoms. The van der Waals surface area contributed by atoms with Gasteiger partial charge in [-0.3, -0.25) is 5.09 Å². The second-order valence-corrected chi connectivity index (χ2v) is 8.49. The standard InChI is InChI=1S/C13H22NP/c1-8-9(2)11(4)13(7,10(8)3)15-12(5,6)14-15/h14H,1-7H3. The molecule has 1 N–H and O–H groups in total. The van der Waals surface area contributed by atoms with Crippen molar-refractivity contribution in [3.8, 4) is 0 Å². The van der Waals surface area contributed by atoms with Gasteiger partial charge < -0.3 is 0 Å². The molecule has 1 aliphatic heterocycles. The summed E-state index contributed by atoms with van der Waals surface area (Å²) in [5, 5.41) is 4.37. The van der Waals surface area contributed by atoms with Gasteiger partial charge in [0.15, 0.2) is 0 Å². The number of rotatable bonds is 1. The molecule has 1 atom stereocenters. The van der Waals surface area contributed by atoms with Crippen LogP contribution < -0.4 is 5.09 Å². The molecule has 0 bridgehead atoms. The first-order valence-corrected chi connectivity index (χ1v) is 7.01. The van der Waals surface area contributed by atoms with Gasteiger partial charge >= 0.3 is 0 Å². The fourth-order valence-corrected chi connectivity index (χ4v) is 5.82. The predicted octanol–water partition coefficient (Wildman–Crippen LogP) is 4.17. The molecule has 0 radical (unpaired) electrons. The van der Waals surface area contributed by atoms with E-state index in [0.29, 0.717) is 10.4 Å². The maximum atomic E-state index is 3.69. The Balaban J connectivity index is 2.47. The van der Waals surface area contributed by atoms with Crippen molar-refractivity contribution in [1.82, 2.24) is 5.09 Å². The average molecular weight is 223 g/mol. The van der Waals surface area contributed by atoms with Gasteiger partial charge in [-0.2, -0.15) is 0 Å². The predicted molar refractivity (Wildman–Crippen MR) is 69.3 cm³/mol. The molecule has 1 saturated heterocycles. The summed E-state index contributed by atoms with van der Waals surface area (Å²) in [4.78, 5) is 0. The Morgan fingerprint density at radius 1 is 0.867 bits per heavy atom. The minimum absolute atomic E-state index is 0.0746. The average Bonchev–Trinajstić information content (AvgIpc) is 2.78. The van der Waals surface area contributed by atoms with Crippen LogP contribution in [0.1, 0.15) is 48.5 Å². The number of nitrogens with one attached hydrogen (secondary N) is 1. The van der Waals surface area contributed by atoms with Gasteiger partial charge in [0.1, 0.15) is 0 Å². The molecule has 0 aromatic carbocycles. The van der Waals surface area contributed by atoms with Crippen LogP contribution in [-0.4, -0.2) is 10.4 Å². The molecule has 1 nitrogen and oxygen atoms in total. The topological polar surface area (TPSA) is 21.9 Å². The van der Waals surface area contributed by atoms with Crippen LogP contribution in [0.2, 0.25) is 0 Å². The highest BCUT2D eigenvalue weighted by atomic mass is 31.1. The minimum Gasteiger partial charge on any atom is -0.283 e. The normalized spacial score (nSPS) is 32.6. The van der Waals surface area contributed by atoms with Crippen LogP contribution >= 0.6 is 8.07 Å². The minimum atomic E-state index is -0.0746. The van der Waals surface area contributed by atoms with Crippen molar-refractivity contribution >= 4 is 8.07 Å². The molecule has 0 spiro atoms. The van der Waals surface area contributed by atoms with Gasteiger partial charge in [-0.05, 0) is 67.7 Å². The third-order valence-corrected chi connectivity index (χ3v) is 7.84. The van der Waals surface area contributed by atoms with E-state index in [9.17, 15) is 0 Å². The van der Waals surface area contributed by atoms with E-state index in [1.54, 1.807) is 11.1 Å². The van der Waals surface area contributed by atoms with Crippen molar-refractivity contribution in [2.75, 3.05) is 0 Å². The molecule has 1 aliphatic carbocycles. The summed E-state index contributed by atoms with van der Waals surface area (Å²) in [7, 11) is -0.0746. The van der Waals surface area contributed by atoms with Gasteiger partial charge in [-0.25, -0.2) is 0 Å². The maximum absolute atomic E-state index is 3.69. The smallest absolute Gasteiger partial charge is 0.0504 e. The Morgan fingerprint density at radius 2 is 1.20 bits per heavy atom. The van der Waals surface area contributed by atoms with E-state index in [0.717, 1.165) is 0 Å². The molecule has 15 heavy (non-hydrogen) atoms. The van der Waals surface area contributed by atoms with Crippen LogP contribution in [0.15, 0.2) is 22.3 Å². The van der Waals surface area contributed by atoms with Crippen molar-refractivity contribution < 1.29 is 0 Å². The molecular formula is C13H22NP. The van der Waals surface area contributed by atoms with Crippen LogP contribution in [0.3, 0.4) is 0 Å². The van der Waals surface area contributed by atoms with Gasteiger partial charge in [0.25, 0.3) is 0 Å². The molecule has 0 aromatic rings. The SMILES string of the molecule is CC1=C(C)C(C)(P2NC2(C)C)C(C)=C1C. The molecule has 0 amide bonds. The van der Waals surface area contributed by atoms with Gasteiger partial charge in [0.2, 0.25) is 0 Å². The molecule has 1 fully saturated rings. The van der Waals surface area contributed by atoms with Crippen LogP contribution in [0.5, 0.6) is 0 Å². The molecule has 0 saturated carbocycles. The highest BCUT2D eigenvalue weighted by Crippen LogP contribution is 2.74. The largest absolute Gasteiger partial charge is 0.283 e. The third-order valence-electron chi connectivity index (χ3n) is 4.49. The maximum Gasteiger partial charge on any atom is 0.0504 e. The summed E-state index contributed by atoms with van der Waals surface area (Å²) in [6.07, 6.45) is 0. The lowest BCUT2D eigenvalue weighted by atomic mass is 9.98. The van der Waals surface area contributed by atoms with E-state index in [4.69, 9.17) is 0 Å². The van der Waals surface area contributed by atoms with E-state index < -0.39 is 0 Å². The van der Waals surface area contributed by atoms with E-state index in [1.807, 2.05) is 0 Å². The van der Waals surface area contributed by atoms with Crippen LogP contribution in [0.4, 0.5) is 0 Å². The van der Waals surface area contributed by atoms with Crippen molar-refractivity contribution in [1.29, 1.82) is 0 Å². The Kier molecular flexibility index (Phi) is 2.24. The van der Waals surface area contributed by atoms with Crippen molar-refractivity contribution in [3.05, 3.63) is 22.3 Å². The van der Waals surface area contributed by atoms with Crippen LogP contribution in [-0.2, 0) is 0 Å². The monoisotopic (exact) mass is 223 g/mol. The van der Waals surface area contributed by atoms with E-state index in [1.165, 1.54) is 11.1 Å². The Hall–Kier alpha value is -0.130. The number of hydrogen-bond donors (Lipinski definition) is 1. The lowest BCUT2D eigenvalue weighted by molar-refractivity contribution is 0.800.